The first-order chi connectivity index (χ1) is 15.8. The number of pyridine rings is 1. The molecule has 0 radical (unpaired) electrons. The normalized spacial score (nSPS) is 14.0. The molecule has 0 saturated heterocycles. The van der Waals surface area contributed by atoms with E-state index in [-0.39, 0.29) is 17.3 Å². The molecule has 1 aliphatic heterocycles. The Morgan fingerprint density at radius 1 is 1.18 bits per heavy atom. The van der Waals surface area contributed by atoms with Crippen LogP contribution in [0.25, 0.3) is 10.8 Å². The van der Waals surface area contributed by atoms with Crippen LogP contribution >= 0.6 is 27.3 Å². The van der Waals surface area contributed by atoms with Gasteiger partial charge in [0.1, 0.15) is 15.8 Å². The third-order valence-corrected chi connectivity index (χ3v) is 8.57. The Labute approximate surface area is 202 Å². The standard InChI is InChI=1S/C22H19BrFN5O2S2/c1-13-27-28-21(32-13)11-26-33(30,31)20-5-4-19(16-10-25-8-6-15(16)20)29-9-7-14-2-3-18(23)22(24)17(14)12-29/h2-6,8,10,26H,7,9,11-12H2,1H3. The van der Waals surface area contributed by atoms with Gasteiger partial charge in [-0.1, -0.05) is 6.07 Å². The largest absolute Gasteiger partial charge is 0.366 e. The number of aromatic nitrogens is 3. The van der Waals surface area contributed by atoms with Gasteiger partial charge in [0.2, 0.25) is 10.0 Å². The fourth-order valence-electron chi connectivity index (χ4n) is 4.07. The van der Waals surface area contributed by atoms with Crippen LogP contribution in [0.3, 0.4) is 0 Å². The summed E-state index contributed by atoms with van der Waals surface area (Å²) < 4.78 is 44.0. The minimum absolute atomic E-state index is 0.0687. The molecule has 7 nitrogen and oxygen atoms in total. The van der Waals surface area contributed by atoms with Crippen molar-refractivity contribution >= 4 is 53.7 Å². The number of nitrogens with one attached hydrogen (secondary N) is 1. The van der Waals surface area contributed by atoms with Crippen LogP contribution in [-0.2, 0) is 29.5 Å². The maximum absolute atomic E-state index is 14.8. The molecule has 0 spiro atoms. The number of hydrogen-bond donors (Lipinski definition) is 1. The fourth-order valence-corrected chi connectivity index (χ4v) is 6.38. The lowest BCUT2D eigenvalue weighted by atomic mass is 9.98. The van der Waals surface area contributed by atoms with Crippen LogP contribution in [0.1, 0.15) is 21.1 Å². The molecular weight excluding hydrogens is 529 g/mol. The molecule has 0 saturated carbocycles. The van der Waals surface area contributed by atoms with Crippen molar-refractivity contribution in [2.45, 2.75) is 31.3 Å². The number of nitrogens with zero attached hydrogens (tertiary/aromatic N) is 4. The van der Waals surface area contributed by atoms with Gasteiger partial charge in [-0.15, -0.1) is 21.5 Å². The van der Waals surface area contributed by atoms with Crippen LogP contribution in [0.2, 0.25) is 0 Å². The van der Waals surface area contributed by atoms with Crippen LogP contribution in [0.5, 0.6) is 0 Å². The summed E-state index contributed by atoms with van der Waals surface area (Å²) in [7, 11) is -3.81. The van der Waals surface area contributed by atoms with Gasteiger partial charge in [-0.05, 0) is 59.1 Å². The summed E-state index contributed by atoms with van der Waals surface area (Å²) in [4.78, 5) is 6.45. The molecule has 0 unspecified atom stereocenters. The summed E-state index contributed by atoms with van der Waals surface area (Å²) in [5.74, 6) is -0.255. The van der Waals surface area contributed by atoms with Crippen molar-refractivity contribution in [3.8, 4) is 0 Å². The van der Waals surface area contributed by atoms with E-state index in [2.05, 4.69) is 40.7 Å². The van der Waals surface area contributed by atoms with E-state index in [1.165, 1.54) is 11.3 Å². The van der Waals surface area contributed by atoms with Gasteiger partial charge in [0.15, 0.2) is 0 Å². The number of halogens is 2. The summed E-state index contributed by atoms with van der Waals surface area (Å²) in [6.07, 6.45) is 3.93. The Morgan fingerprint density at radius 2 is 2.03 bits per heavy atom. The van der Waals surface area contributed by atoms with E-state index in [1.807, 2.05) is 13.0 Å². The van der Waals surface area contributed by atoms with Crippen LogP contribution < -0.4 is 9.62 Å². The van der Waals surface area contributed by atoms with Crippen molar-refractivity contribution in [1.29, 1.82) is 0 Å². The number of aryl methyl sites for hydroxylation is 1. The molecule has 1 N–H and O–H groups in total. The van der Waals surface area contributed by atoms with E-state index in [0.717, 1.165) is 16.3 Å². The molecular formula is C22H19BrFN5O2S2. The van der Waals surface area contributed by atoms with Gasteiger partial charge in [-0.25, -0.2) is 17.5 Å². The highest BCUT2D eigenvalue weighted by atomic mass is 79.9. The van der Waals surface area contributed by atoms with Crippen molar-refractivity contribution in [1.82, 2.24) is 19.9 Å². The quantitative estimate of drug-likeness (QED) is 0.400. The molecule has 5 rings (SSSR count). The first kappa shape index (κ1) is 22.3. The first-order valence-electron chi connectivity index (χ1n) is 10.2. The smallest absolute Gasteiger partial charge is 0.241 e. The van der Waals surface area contributed by atoms with E-state index in [9.17, 15) is 12.8 Å². The molecule has 3 heterocycles. The Bertz CT molecular complexity index is 1480. The summed E-state index contributed by atoms with van der Waals surface area (Å²) >= 11 is 4.61. The second-order valence-electron chi connectivity index (χ2n) is 7.71. The monoisotopic (exact) mass is 547 g/mol. The predicted molar refractivity (Wildman–Crippen MR) is 129 cm³/mol. The molecule has 2 aromatic heterocycles. The number of anilines is 1. The third kappa shape index (κ3) is 4.25. The zero-order chi connectivity index (χ0) is 23.2. The molecule has 0 aliphatic carbocycles. The second kappa shape index (κ2) is 8.71. The minimum atomic E-state index is -3.81. The Hall–Kier alpha value is -2.47. The average Bonchev–Trinajstić information content (AvgIpc) is 3.24. The van der Waals surface area contributed by atoms with E-state index in [4.69, 9.17) is 0 Å². The van der Waals surface area contributed by atoms with E-state index in [1.54, 1.807) is 36.7 Å². The zero-order valence-electron chi connectivity index (χ0n) is 17.5. The van der Waals surface area contributed by atoms with Crippen LogP contribution in [0.15, 0.2) is 52.1 Å². The van der Waals surface area contributed by atoms with Gasteiger partial charge in [-0.3, -0.25) is 4.98 Å². The summed E-state index contributed by atoms with van der Waals surface area (Å²) in [6, 6.07) is 8.74. The molecule has 2 aromatic carbocycles. The van der Waals surface area contributed by atoms with Crippen molar-refractivity contribution in [3.63, 3.8) is 0 Å². The number of rotatable bonds is 5. The molecule has 0 atom stereocenters. The lowest BCUT2D eigenvalue weighted by molar-refractivity contribution is 0.581. The highest BCUT2D eigenvalue weighted by Crippen LogP contribution is 2.35. The number of benzene rings is 2. The van der Waals surface area contributed by atoms with Crippen LogP contribution in [0.4, 0.5) is 10.1 Å². The lowest BCUT2D eigenvalue weighted by Gasteiger charge is -2.32. The summed E-state index contributed by atoms with van der Waals surface area (Å²) in [5.41, 5.74) is 2.46. The highest BCUT2D eigenvalue weighted by Gasteiger charge is 2.25. The number of fused-ring (bicyclic) bond motifs is 2. The SMILES string of the molecule is Cc1nnc(CNS(=O)(=O)c2ccc(N3CCc4ccc(Br)c(F)c4C3)c3cnccc23)s1. The molecule has 0 amide bonds. The van der Waals surface area contributed by atoms with Crippen LogP contribution in [0, 0.1) is 12.7 Å². The molecule has 0 fully saturated rings. The molecule has 33 heavy (non-hydrogen) atoms. The zero-order valence-corrected chi connectivity index (χ0v) is 20.8. The topological polar surface area (TPSA) is 88.1 Å². The van der Waals surface area contributed by atoms with E-state index >= 15 is 0 Å². The van der Waals surface area contributed by atoms with Gasteiger partial charge < -0.3 is 4.90 Å². The molecule has 11 heteroatoms. The maximum atomic E-state index is 14.8. The molecule has 0 bridgehead atoms. The summed E-state index contributed by atoms with van der Waals surface area (Å²) in [6.45, 7) is 2.97. The highest BCUT2D eigenvalue weighted by molar-refractivity contribution is 9.10. The fraction of sp³-hybridized carbons (Fsp3) is 0.227. The molecule has 4 aromatic rings. The Balaban J connectivity index is 1.50. The van der Waals surface area contributed by atoms with Gasteiger partial charge in [0, 0.05) is 47.5 Å². The van der Waals surface area contributed by atoms with E-state index in [0.29, 0.717) is 45.3 Å². The Morgan fingerprint density at radius 3 is 2.82 bits per heavy atom. The van der Waals surface area contributed by atoms with Crippen LogP contribution in [-0.4, -0.2) is 30.1 Å². The number of hydrogen-bond acceptors (Lipinski definition) is 7. The average molecular weight is 548 g/mol. The van der Waals surface area contributed by atoms with E-state index < -0.39 is 10.0 Å². The Kier molecular flexibility index (Phi) is 5.89. The first-order valence-corrected chi connectivity index (χ1v) is 13.3. The summed E-state index contributed by atoms with van der Waals surface area (Å²) in [5, 5.41) is 10.5. The lowest BCUT2D eigenvalue weighted by Crippen LogP contribution is -2.31. The predicted octanol–water partition coefficient (Wildman–Crippen LogP) is 4.34. The third-order valence-electron chi connectivity index (χ3n) is 5.66. The van der Waals surface area contributed by atoms with Gasteiger partial charge in [-0.2, -0.15) is 0 Å². The van der Waals surface area contributed by atoms with Gasteiger partial charge in [0.05, 0.1) is 15.9 Å². The van der Waals surface area contributed by atoms with Crippen molar-refractivity contribution in [3.05, 3.63) is 74.2 Å². The van der Waals surface area contributed by atoms with Crippen molar-refractivity contribution in [2.75, 3.05) is 11.4 Å². The molecule has 1 aliphatic rings. The second-order valence-corrected chi connectivity index (χ2v) is 11.6. The van der Waals surface area contributed by atoms with Crippen molar-refractivity contribution in [2.24, 2.45) is 0 Å². The number of sulfonamides is 1. The van der Waals surface area contributed by atoms with Gasteiger partial charge >= 0.3 is 0 Å². The molecule has 170 valence electrons. The van der Waals surface area contributed by atoms with Gasteiger partial charge in [0.25, 0.3) is 0 Å². The minimum Gasteiger partial charge on any atom is -0.366 e. The van der Waals surface area contributed by atoms with Crippen molar-refractivity contribution < 1.29 is 12.8 Å². The maximum Gasteiger partial charge on any atom is 0.241 e.